The lowest BCUT2D eigenvalue weighted by Gasteiger charge is -2.31. The van der Waals surface area contributed by atoms with E-state index < -0.39 is 31.6 Å². The topological polar surface area (TPSA) is 101 Å². The molecule has 2 aliphatic rings. The number of benzene rings is 4. The minimum atomic E-state index is -3.39. The van der Waals surface area contributed by atoms with Gasteiger partial charge in [0.05, 0.1) is 36.6 Å². The molecule has 1 fully saturated rings. The number of halogens is 2. The second kappa shape index (κ2) is 14.5. The van der Waals surface area contributed by atoms with Crippen LogP contribution < -0.4 is 9.80 Å². The number of fused-ring (bicyclic) bond motifs is 2. The number of rotatable bonds is 12. The molecular weight excluding hydrogens is 741 g/mol. The zero-order valence-electron chi connectivity index (χ0n) is 29.3. The van der Waals surface area contributed by atoms with Crippen LogP contribution >= 0.6 is 15.9 Å². The van der Waals surface area contributed by atoms with Crippen LogP contribution in [-0.4, -0.2) is 53.5 Å². The molecule has 52 heavy (non-hydrogen) atoms. The average molecular weight is 783 g/mol. The second-order valence-electron chi connectivity index (χ2n) is 14.1. The molecule has 2 amide bonds. The Kier molecular flexibility index (Phi) is 10.0. The molecule has 4 aromatic carbocycles. The van der Waals surface area contributed by atoms with Crippen LogP contribution in [0.25, 0.3) is 0 Å². The van der Waals surface area contributed by atoms with E-state index in [-0.39, 0.29) is 25.0 Å². The van der Waals surface area contributed by atoms with Gasteiger partial charge in [-0.15, -0.1) is 5.10 Å². The highest BCUT2D eigenvalue weighted by atomic mass is 79.9. The number of aryl methyl sites for hydroxylation is 1. The van der Waals surface area contributed by atoms with E-state index in [4.69, 9.17) is 4.74 Å². The quantitative estimate of drug-likeness (QED) is 0.0786. The average Bonchev–Trinajstić information content (AvgIpc) is 3.79. The van der Waals surface area contributed by atoms with Gasteiger partial charge in [0.15, 0.2) is 5.60 Å². The molecule has 1 saturated heterocycles. The number of carbonyl (C=O) groups is 2. The Bertz CT molecular complexity index is 2060. The Labute approximate surface area is 312 Å². The first-order chi connectivity index (χ1) is 25.0. The highest BCUT2D eigenvalue weighted by Gasteiger charge is 2.66. The summed E-state index contributed by atoms with van der Waals surface area (Å²) in [5.74, 6) is -0.993. The number of nitrogens with zero attached hydrogens (tertiary/aromatic N) is 5. The van der Waals surface area contributed by atoms with Crippen LogP contribution in [-0.2, 0) is 33.0 Å². The van der Waals surface area contributed by atoms with Crippen molar-refractivity contribution < 1.29 is 23.5 Å². The minimum Gasteiger partial charge on any atom is -0.395 e. The van der Waals surface area contributed by atoms with E-state index >= 15 is 4.11 Å². The summed E-state index contributed by atoms with van der Waals surface area (Å²) in [7, 11) is -3.39. The van der Waals surface area contributed by atoms with Crippen molar-refractivity contribution in [3.05, 3.63) is 136 Å². The van der Waals surface area contributed by atoms with Crippen molar-refractivity contribution in [1.29, 1.82) is 0 Å². The van der Waals surface area contributed by atoms with Crippen molar-refractivity contribution in [3.8, 4) is 0 Å². The van der Waals surface area contributed by atoms with Gasteiger partial charge in [0, 0.05) is 45.6 Å². The number of amides is 2. The SMILES string of the molecule is C[C@H]1[C@H]([Si](C)(C)F)[C@@H](CCn2cc(C(CO)c3ccccc3)nn2)O[C@]12C(=O)N(Cc1cccc(N(C=O)c3ccccc3)c1)c1ccc(Br)cc12. The van der Waals surface area contributed by atoms with E-state index in [1.54, 1.807) is 27.6 Å². The molecule has 0 saturated carbocycles. The standard InChI is InChI=1S/C40H41BrFN5O4Si/c1-27-38(52(2,3)42)37(19-20-45-24-35(43-44-45)33(25-48)29-12-6-4-7-13-29)51-40(27)34-22-30(41)17-18-36(34)46(39(40)50)23-28-11-10-16-32(21-28)47(26-49)31-14-8-5-9-15-31/h4-18,21-22,24,26-27,33,37-38,48H,19-20,23,25H2,1-3H3/t27-,33?,37+,38-,40+/m0/s1. The van der Waals surface area contributed by atoms with Gasteiger partial charge in [-0.25, -0.2) is 0 Å². The molecule has 12 heteroatoms. The zero-order chi connectivity index (χ0) is 36.6. The molecule has 2 aliphatic heterocycles. The number of carbonyl (C=O) groups excluding carboxylic acids is 2. The molecule has 3 heterocycles. The smallest absolute Gasteiger partial charge is 0.264 e. The first-order valence-corrected chi connectivity index (χ1v) is 21.2. The van der Waals surface area contributed by atoms with Crippen molar-refractivity contribution >= 4 is 53.7 Å². The lowest BCUT2D eigenvalue weighted by atomic mass is 9.82. The Balaban J connectivity index is 1.18. The predicted molar refractivity (Wildman–Crippen MR) is 204 cm³/mol. The van der Waals surface area contributed by atoms with Gasteiger partial charge in [0.2, 0.25) is 14.8 Å². The van der Waals surface area contributed by atoms with Gasteiger partial charge >= 0.3 is 0 Å². The fraction of sp³-hybridized carbons (Fsp3) is 0.300. The van der Waals surface area contributed by atoms with Crippen LogP contribution in [0, 0.1) is 5.92 Å². The molecule has 5 aromatic rings. The molecular formula is C40H41BrFN5O4Si. The molecule has 7 rings (SSSR count). The van der Waals surface area contributed by atoms with E-state index in [0.29, 0.717) is 24.3 Å². The summed E-state index contributed by atoms with van der Waals surface area (Å²) in [6.07, 6.45) is 2.47. The molecule has 9 nitrogen and oxygen atoms in total. The van der Waals surface area contributed by atoms with Crippen LogP contribution in [0.1, 0.15) is 41.6 Å². The van der Waals surface area contributed by atoms with Gasteiger partial charge in [0.25, 0.3) is 5.91 Å². The number of hydrogen-bond donors (Lipinski definition) is 1. The van der Waals surface area contributed by atoms with Crippen LogP contribution in [0.5, 0.6) is 0 Å². The van der Waals surface area contributed by atoms with E-state index in [2.05, 4.69) is 26.2 Å². The van der Waals surface area contributed by atoms with Crippen LogP contribution in [0.3, 0.4) is 0 Å². The van der Waals surface area contributed by atoms with Gasteiger partial charge in [0.1, 0.15) is 0 Å². The molecule has 0 bridgehead atoms. The lowest BCUT2D eigenvalue weighted by molar-refractivity contribution is -0.146. The minimum absolute atomic E-state index is 0.113. The maximum absolute atomic E-state index is 16.4. The first-order valence-electron chi connectivity index (χ1n) is 17.5. The molecule has 0 radical (unpaired) electrons. The number of para-hydroxylation sites is 1. The number of aliphatic hydroxyl groups is 1. The van der Waals surface area contributed by atoms with Crippen molar-refractivity contribution in [3.63, 3.8) is 0 Å². The number of anilines is 3. The zero-order valence-corrected chi connectivity index (χ0v) is 31.9. The lowest BCUT2D eigenvalue weighted by Crippen LogP contribution is -2.45. The maximum Gasteiger partial charge on any atom is 0.264 e. The second-order valence-corrected chi connectivity index (χ2v) is 18.9. The molecule has 0 aliphatic carbocycles. The summed E-state index contributed by atoms with van der Waals surface area (Å²) in [5, 5.41) is 18.9. The third-order valence-electron chi connectivity index (χ3n) is 10.5. The van der Waals surface area contributed by atoms with Gasteiger partial charge in [-0.1, -0.05) is 88.7 Å². The third kappa shape index (κ3) is 6.53. The molecule has 1 aromatic heterocycles. The maximum atomic E-state index is 16.4. The largest absolute Gasteiger partial charge is 0.395 e. The van der Waals surface area contributed by atoms with Gasteiger partial charge in [-0.2, -0.15) is 0 Å². The Morgan fingerprint density at radius 1 is 1.02 bits per heavy atom. The Hall–Kier alpha value is -4.49. The highest BCUT2D eigenvalue weighted by molar-refractivity contribution is 9.10. The van der Waals surface area contributed by atoms with Crippen LogP contribution in [0.2, 0.25) is 18.6 Å². The van der Waals surface area contributed by atoms with E-state index in [9.17, 15) is 14.7 Å². The van der Waals surface area contributed by atoms with Crippen molar-refractivity contribution in [1.82, 2.24) is 15.0 Å². The third-order valence-corrected chi connectivity index (χ3v) is 13.5. The number of hydrogen-bond acceptors (Lipinski definition) is 6. The monoisotopic (exact) mass is 781 g/mol. The Morgan fingerprint density at radius 3 is 2.42 bits per heavy atom. The van der Waals surface area contributed by atoms with Crippen molar-refractivity contribution in [2.45, 2.75) is 62.7 Å². The van der Waals surface area contributed by atoms with Gasteiger partial charge < -0.3 is 18.9 Å². The first kappa shape index (κ1) is 35.9. The number of aromatic nitrogens is 3. The summed E-state index contributed by atoms with van der Waals surface area (Å²) in [6.45, 7) is 5.86. The number of ether oxygens (including phenoxy) is 1. The highest BCUT2D eigenvalue weighted by Crippen LogP contribution is 2.60. The molecule has 5 atom stereocenters. The summed E-state index contributed by atoms with van der Waals surface area (Å²) < 4.78 is 25.9. The van der Waals surface area contributed by atoms with E-state index in [1.807, 2.05) is 116 Å². The van der Waals surface area contributed by atoms with Crippen LogP contribution in [0.15, 0.2) is 114 Å². The Morgan fingerprint density at radius 2 is 1.73 bits per heavy atom. The van der Waals surface area contributed by atoms with Gasteiger partial charge in [-0.05, 0) is 73.1 Å². The van der Waals surface area contributed by atoms with E-state index in [0.717, 1.165) is 38.9 Å². The van der Waals surface area contributed by atoms with Crippen molar-refractivity contribution in [2.75, 3.05) is 16.4 Å². The molecule has 1 spiro atoms. The summed E-state index contributed by atoms with van der Waals surface area (Å²) in [5.41, 5.74) is 3.40. The molecule has 268 valence electrons. The van der Waals surface area contributed by atoms with E-state index in [1.165, 1.54) is 0 Å². The number of aliphatic hydroxyl groups excluding tert-OH is 1. The summed E-state index contributed by atoms with van der Waals surface area (Å²) >= 11 is 3.62. The normalized spacial score (nSPS) is 21.8. The van der Waals surface area contributed by atoms with Crippen molar-refractivity contribution in [2.24, 2.45) is 5.92 Å². The summed E-state index contributed by atoms with van der Waals surface area (Å²) in [4.78, 5) is 30.4. The fourth-order valence-electron chi connectivity index (χ4n) is 8.19. The summed E-state index contributed by atoms with van der Waals surface area (Å²) in [6, 6.07) is 32.4. The van der Waals surface area contributed by atoms with Crippen LogP contribution in [0.4, 0.5) is 21.2 Å². The predicted octanol–water partition coefficient (Wildman–Crippen LogP) is 7.87. The van der Waals surface area contributed by atoms with Gasteiger partial charge in [-0.3, -0.25) is 19.2 Å². The molecule has 1 N–H and O–H groups in total. The fourth-order valence-corrected chi connectivity index (χ4v) is 11.1. The molecule has 1 unspecified atom stereocenters.